The normalized spacial score (nSPS) is 14.6. The van der Waals surface area contributed by atoms with E-state index in [0.717, 1.165) is 27.8 Å². The Balaban J connectivity index is 1.38. The highest BCUT2D eigenvalue weighted by Crippen LogP contribution is 2.35. The third kappa shape index (κ3) is 4.48. The minimum atomic E-state index is -0.499. The quantitative estimate of drug-likeness (QED) is 0.342. The van der Waals surface area contributed by atoms with E-state index in [1.54, 1.807) is 58.2 Å². The molecule has 0 radical (unpaired) electrons. The Morgan fingerprint density at radius 2 is 1.92 bits per heavy atom. The molecule has 196 valence electrons. The van der Waals surface area contributed by atoms with Crippen molar-refractivity contribution < 1.29 is 9.18 Å². The number of fused-ring (bicyclic) bond motifs is 2. The number of carbonyl (C=O) groups is 1. The molecular formula is C28H26FN9O. The first kappa shape index (κ1) is 24.3. The van der Waals surface area contributed by atoms with Gasteiger partial charge in [0.1, 0.15) is 12.4 Å². The molecule has 3 N–H and O–H groups in total. The van der Waals surface area contributed by atoms with Crippen molar-refractivity contribution >= 4 is 45.7 Å². The number of halogens is 1. The van der Waals surface area contributed by atoms with E-state index in [1.165, 1.54) is 0 Å². The van der Waals surface area contributed by atoms with Gasteiger partial charge < -0.3 is 16.0 Å². The summed E-state index contributed by atoms with van der Waals surface area (Å²) >= 11 is 0. The van der Waals surface area contributed by atoms with Crippen molar-refractivity contribution in [2.24, 2.45) is 7.05 Å². The molecule has 0 atom stereocenters. The predicted octanol–water partition coefficient (Wildman–Crippen LogP) is 4.01. The maximum atomic E-state index is 15.2. The molecule has 4 aromatic heterocycles. The van der Waals surface area contributed by atoms with E-state index in [0.29, 0.717) is 34.7 Å². The van der Waals surface area contributed by atoms with E-state index in [1.807, 2.05) is 38.4 Å². The molecule has 0 fully saturated rings. The summed E-state index contributed by atoms with van der Waals surface area (Å²) in [6.45, 7) is 2.46. The highest BCUT2D eigenvalue weighted by molar-refractivity contribution is 5.98. The minimum Gasteiger partial charge on any atom is -0.396 e. The summed E-state index contributed by atoms with van der Waals surface area (Å²) in [6.07, 6.45) is 10.5. The molecule has 5 aromatic rings. The third-order valence-corrected chi connectivity index (χ3v) is 6.88. The Morgan fingerprint density at radius 1 is 1.08 bits per heavy atom. The first-order valence-electron chi connectivity index (χ1n) is 12.3. The van der Waals surface area contributed by atoms with Crippen LogP contribution in [0.4, 0.5) is 21.7 Å². The van der Waals surface area contributed by atoms with Gasteiger partial charge in [-0.3, -0.25) is 19.1 Å². The number of aromatic nitrogens is 6. The highest BCUT2D eigenvalue weighted by atomic mass is 19.1. The van der Waals surface area contributed by atoms with Crippen molar-refractivity contribution in [1.29, 1.82) is 0 Å². The van der Waals surface area contributed by atoms with E-state index in [4.69, 9.17) is 5.73 Å². The van der Waals surface area contributed by atoms with Gasteiger partial charge in [-0.05, 0) is 47.7 Å². The Kier molecular flexibility index (Phi) is 5.82. The van der Waals surface area contributed by atoms with Gasteiger partial charge in [0.25, 0.3) is 0 Å². The Morgan fingerprint density at radius 3 is 2.69 bits per heavy atom. The number of pyridine rings is 2. The van der Waals surface area contributed by atoms with Gasteiger partial charge in [-0.15, -0.1) is 0 Å². The first-order valence-corrected chi connectivity index (χ1v) is 12.3. The molecule has 39 heavy (non-hydrogen) atoms. The second-order valence-electron chi connectivity index (χ2n) is 9.70. The summed E-state index contributed by atoms with van der Waals surface area (Å²) in [5, 5.41) is 13.3. The van der Waals surface area contributed by atoms with Crippen molar-refractivity contribution in [1.82, 2.24) is 34.4 Å². The first-order chi connectivity index (χ1) is 18.8. The molecule has 0 unspecified atom stereocenters. The molecule has 0 saturated carbocycles. The number of aryl methyl sites for hydroxylation is 2. The van der Waals surface area contributed by atoms with Crippen LogP contribution < -0.4 is 11.1 Å². The Bertz CT molecular complexity index is 1790. The zero-order valence-electron chi connectivity index (χ0n) is 21.7. The number of hydrogen-bond donors (Lipinski definition) is 2. The average Bonchev–Trinajstić information content (AvgIpc) is 3.48. The van der Waals surface area contributed by atoms with Crippen LogP contribution in [0.15, 0.2) is 55.2 Å². The van der Waals surface area contributed by atoms with Crippen molar-refractivity contribution in [2.45, 2.75) is 13.5 Å². The summed E-state index contributed by atoms with van der Waals surface area (Å²) in [4.78, 5) is 22.9. The van der Waals surface area contributed by atoms with Crippen molar-refractivity contribution in [2.75, 3.05) is 24.6 Å². The van der Waals surface area contributed by atoms with E-state index in [2.05, 4.69) is 25.5 Å². The molecule has 1 aliphatic rings. The van der Waals surface area contributed by atoms with E-state index in [9.17, 15) is 4.79 Å². The number of nitrogens with one attached hydrogen (secondary N) is 1. The largest absolute Gasteiger partial charge is 0.396 e. The minimum absolute atomic E-state index is 0.0336. The molecule has 1 aliphatic heterocycles. The lowest BCUT2D eigenvalue weighted by molar-refractivity contribution is -0.129. The maximum absolute atomic E-state index is 15.2. The number of amides is 1. The number of nitrogen functional groups attached to an aromatic ring is 1. The molecule has 1 aromatic carbocycles. The topological polar surface area (TPSA) is 120 Å². The summed E-state index contributed by atoms with van der Waals surface area (Å²) in [7, 11) is 3.64. The van der Waals surface area contributed by atoms with Crippen molar-refractivity contribution in [3.8, 4) is 11.1 Å². The molecule has 1 amide bonds. The van der Waals surface area contributed by atoms with Gasteiger partial charge in [0, 0.05) is 73.6 Å². The number of nitrogens with two attached hydrogens (primary N) is 1. The second-order valence-corrected chi connectivity index (χ2v) is 9.70. The fourth-order valence-electron chi connectivity index (χ4n) is 4.80. The highest BCUT2D eigenvalue weighted by Gasteiger charge is 2.23. The van der Waals surface area contributed by atoms with Crippen LogP contribution in [0.3, 0.4) is 0 Å². The fourth-order valence-corrected chi connectivity index (χ4v) is 4.80. The van der Waals surface area contributed by atoms with Crippen LogP contribution in [0.5, 0.6) is 0 Å². The van der Waals surface area contributed by atoms with Gasteiger partial charge in [0.15, 0.2) is 11.6 Å². The molecule has 11 heteroatoms. The number of benzene rings is 1. The van der Waals surface area contributed by atoms with Crippen molar-refractivity contribution in [3.63, 3.8) is 0 Å². The Labute approximate surface area is 223 Å². The number of likely N-dealkylation sites (N-methyl/N-ethyl adjacent to an activating group) is 1. The predicted molar refractivity (Wildman–Crippen MR) is 148 cm³/mol. The number of anilines is 3. The van der Waals surface area contributed by atoms with E-state index >= 15 is 4.39 Å². The zero-order valence-corrected chi connectivity index (χ0v) is 21.7. The molecular weight excluding hydrogens is 497 g/mol. The lowest BCUT2D eigenvalue weighted by Gasteiger charge is -2.14. The van der Waals surface area contributed by atoms with Crippen LogP contribution in [0, 0.1) is 12.7 Å². The van der Waals surface area contributed by atoms with E-state index < -0.39 is 5.82 Å². The number of hydrogen-bond acceptors (Lipinski definition) is 7. The standard InChI is InChI=1S/C28H26FN9O/c1-16-4-5-31-11-21(16)20-7-18-8-24(32-12-22(18)28(30)27(20)29)34-25-9-23-19(6-17-10-33-37(3)13-17)14-36(2)26(39)15-38(23)35-25/h4-13H,14-15,30H2,1-3H3,(H,32,34,35)/b19-6+. The van der Waals surface area contributed by atoms with E-state index in [-0.39, 0.29) is 18.1 Å². The SMILES string of the molecule is Cc1ccncc1-c1cc2cc(Nc3cc4n(n3)CC(=O)N(C)C/C4=C\c3cnn(C)c3)ncc2c(N)c1F. The molecule has 6 rings (SSSR count). The molecule has 10 nitrogen and oxygen atoms in total. The lowest BCUT2D eigenvalue weighted by atomic mass is 9.98. The molecule has 5 heterocycles. The lowest BCUT2D eigenvalue weighted by Crippen LogP contribution is -2.28. The van der Waals surface area contributed by atoms with Gasteiger partial charge in [-0.25, -0.2) is 9.37 Å². The van der Waals surface area contributed by atoms with Crippen LogP contribution in [-0.4, -0.2) is 53.9 Å². The summed E-state index contributed by atoms with van der Waals surface area (Å²) in [6, 6.07) is 7.28. The fraction of sp³-hybridized carbons (Fsp3) is 0.179. The molecule has 0 bridgehead atoms. The third-order valence-electron chi connectivity index (χ3n) is 6.88. The summed E-state index contributed by atoms with van der Waals surface area (Å²) in [5.74, 6) is 0.503. The van der Waals surface area contributed by atoms with Crippen LogP contribution in [-0.2, 0) is 18.4 Å². The van der Waals surface area contributed by atoms with Gasteiger partial charge in [0.2, 0.25) is 5.91 Å². The van der Waals surface area contributed by atoms with Crippen LogP contribution in [0.2, 0.25) is 0 Å². The van der Waals surface area contributed by atoms with Crippen LogP contribution >= 0.6 is 0 Å². The van der Waals surface area contributed by atoms with Crippen molar-refractivity contribution in [3.05, 3.63) is 77.9 Å². The Hall–Kier alpha value is -5.06. The summed E-state index contributed by atoms with van der Waals surface area (Å²) in [5.41, 5.74) is 10.8. The molecule has 0 saturated heterocycles. The van der Waals surface area contributed by atoms with Gasteiger partial charge in [-0.2, -0.15) is 10.2 Å². The second kappa shape index (κ2) is 9.35. The maximum Gasteiger partial charge on any atom is 0.244 e. The zero-order chi connectivity index (χ0) is 27.3. The smallest absolute Gasteiger partial charge is 0.244 e. The monoisotopic (exact) mass is 523 g/mol. The van der Waals surface area contributed by atoms with Crippen LogP contribution in [0.25, 0.3) is 33.5 Å². The van der Waals surface area contributed by atoms with Gasteiger partial charge in [-0.1, -0.05) is 0 Å². The van der Waals surface area contributed by atoms with Gasteiger partial charge >= 0.3 is 0 Å². The number of rotatable bonds is 4. The number of nitrogens with zero attached hydrogens (tertiary/aromatic N) is 7. The number of carbonyl (C=O) groups excluding carboxylic acids is 1. The molecule has 0 aliphatic carbocycles. The van der Waals surface area contributed by atoms with Crippen LogP contribution in [0.1, 0.15) is 16.8 Å². The summed E-state index contributed by atoms with van der Waals surface area (Å²) < 4.78 is 18.6. The molecule has 0 spiro atoms. The average molecular weight is 524 g/mol. The van der Waals surface area contributed by atoms with Gasteiger partial charge in [0.05, 0.1) is 17.6 Å².